The highest BCUT2D eigenvalue weighted by Crippen LogP contribution is 2.28. The summed E-state index contributed by atoms with van der Waals surface area (Å²) in [5, 5.41) is 3.50. The van der Waals surface area contributed by atoms with Crippen LogP contribution in [-0.4, -0.2) is 4.98 Å². The highest BCUT2D eigenvalue weighted by molar-refractivity contribution is 5.65. The van der Waals surface area contributed by atoms with Crippen LogP contribution in [0.3, 0.4) is 0 Å². The minimum atomic E-state index is 0.228. The number of hydrogen-bond acceptors (Lipinski definition) is 2. The van der Waals surface area contributed by atoms with Gasteiger partial charge in [0.1, 0.15) is 0 Å². The molecule has 1 aliphatic rings. The van der Waals surface area contributed by atoms with E-state index in [1.165, 1.54) is 24.0 Å². The monoisotopic (exact) mass is 268 g/mol. The summed E-state index contributed by atoms with van der Waals surface area (Å²) in [7, 11) is 0. The standard InChI is InChI=1S/C18H24N2/c1-5-6-7-9-13(2)14(3)17-12-16-10-8-11-19-18(16)15(4)20-17/h8-12,15,20H,3,5-7H2,1-2,4H3/b13-9-. The lowest BCUT2D eigenvalue weighted by Crippen LogP contribution is -2.24. The predicted octanol–water partition coefficient (Wildman–Crippen LogP) is 4.78. The van der Waals surface area contributed by atoms with Crippen LogP contribution in [0, 0.1) is 0 Å². The van der Waals surface area contributed by atoms with Gasteiger partial charge in [0.15, 0.2) is 0 Å². The van der Waals surface area contributed by atoms with Crippen molar-refractivity contribution >= 4 is 6.08 Å². The molecule has 2 rings (SSSR count). The van der Waals surface area contributed by atoms with Crippen molar-refractivity contribution in [1.82, 2.24) is 10.3 Å². The van der Waals surface area contributed by atoms with Crippen LogP contribution in [0.1, 0.15) is 57.3 Å². The number of hydrogen-bond donors (Lipinski definition) is 1. The fraction of sp³-hybridized carbons (Fsp3) is 0.389. The second-order valence-corrected chi connectivity index (χ2v) is 5.41. The third-order valence-electron chi connectivity index (χ3n) is 3.76. The van der Waals surface area contributed by atoms with Crippen molar-refractivity contribution in [2.45, 2.75) is 46.1 Å². The maximum absolute atomic E-state index is 4.45. The lowest BCUT2D eigenvalue weighted by molar-refractivity contribution is 0.632. The molecule has 0 aliphatic carbocycles. The van der Waals surface area contributed by atoms with Crippen LogP contribution in [0.5, 0.6) is 0 Å². The van der Waals surface area contributed by atoms with Crippen molar-refractivity contribution in [3.8, 4) is 0 Å². The summed E-state index contributed by atoms with van der Waals surface area (Å²) in [5.41, 5.74) is 5.76. The second-order valence-electron chi connectivity index (χ2n) is 5.41. The molecule has 2 heterocycles. The van der Waals surface area contributed by atoms with Gasteiger partial charge < -0.3 is 5.32 Å². The van der Waals surface area contributed by atoms with Gasteiger partial charge in [0, 0.05) is 17.5 Å². The minimum absolute atomic E-state index is 0.228. The highest BCUT2D eigenvalue weighted by atomic mass is 15.0. The molecule has 106 valence electrons. The van der Waals surface area contributed by atoms with Crippen molar-refractivity contribution in [2.24, 2.45) is 0 Å². The molecule has 0 saturated carbocycles. The summed E-state index contributed by atoms with van der Waals surface area (Å²) >= 11 is 0. The van der Waals surface area contributed by atoms with E-state index >= 15 is 0 Å². The summed E-state index contributed by atoms with van der Waals surface area (Å²) < 4.78 is 0. The topological polar surface area (TPSA) is 24.9 Å². The Hall–Kier alpha value is -1.83. The van der Waals surface area contributed by atoms with Gasteiger partial charge in [-0.2, -0.15) is 0 Å². The van der Waals surface area contributed by atoms with E-state index in [4.69, 9.17) is 0 Å². The number of nitrogens with one attached hydrogen (secondary N) is 1. The van der Waals surface area contributed by atoms with Crippen molar-refractivity contribution in [3.05, 3.63) is 59.1 Å². The van der Waals surface area contributed by atoms with E-state index in [-0.39, 0.29) is 6.04 Å². The summed E-state index contributed by atoms with van der Waals surface area (Å²) in [5.74, 6) is 0. The van der Waals surface area contributed by atoms with Crippen LogP contribution >= 0.6 is 0 Å². The molecule has 20 heavy (non-hydrogen) atoms. The molecule has 2 nitrogen and oxygen atoms in total. The molecule has 1 unspecified atom stereocenters. The molecule has 0 saturated heterocycles. The highest BCUT2D eigenvalue weighted by Gasteiger charge is 2.19. The molecule has 0 bridgehead atoms. The fourth-order valence-corrected chi connectivity index (χ4v) is 2.45. The molecular weight excluding hydrogens is 244 g/mol. The molecule has 1 aromatic rings. The lowest BCUT2D eigenvalue weighted by Gasteiger charge is -2.25. The summed E-state index contributed by atoms with van der Waals surface area (Å²) in [4.78, 5) is 4.45. The van der Waals surface area contributed by atoms with Gasteiger partial charge in [-0.15, -0.1) is 0 Å². The van der Waals surface area contributed by atoms with Crippen molar-refractivity contribution < 1.29 is 0 Å². The van der Waals surface area contributed by atoms with Crippen molar-refractivity contribution in [3.63, 3.8) is 0 Å². The Balaban J connectivity index is 2.20. The van der Waals surface area contributed by atoms with Gasteiger partial charge in [0.2, 0.25) is 0 Å². The Morgan fingerprint density at radius 1 is 1.50 bits per heavy atom. The van der Waals surface area contributed by atoms with E-state index in [0.717, 1.165) is 23.4 Å². The zero-order valence-corrected chi connectivity index (χ0v) is 12.7. The molecule has 1 aliphatic heterocycles. The second kappa shape index (κ2) is 6.56. The molecule has 1 atom stereocenters. The fourth-order valence-electron chi connectivity index (χ4n) is 2.45. The SMILES string of the molecule is C=C(C1=Cc2cccnc2C(C)N1)/C(C)=C\CCCC. The minimum Gasteiger partial charge on any atom is -0.376 e. The van der Waals surface area contributed by atoms with E-state index in [9.17, 15) is 0 Å². The number of nitrogens with zero attached hydrogens (tertiary/aromatic N) is 1. The van der Waals surface area contributed by atoms with Crippen molar-refractivity contribution in [1.29, 1.82) is 0 Å². The van der Waals surface area contributed by atoms with E-state index in [0.29, 0.717) is 0 Å². The van der Waals surface area contributed by atoms with Crippen LogP contribution in [0.25, 0.3) is 6.08 Å². The molecule has 2 heteroatoms. The number of aromatic nitrogens is 1. The normalized spacial score (nSPS) is 18.1. The molecule has 1 aromatic heterocycles. The van der Waals surface area contributed by atoms with Crippen LogP contribution in [0.4, 0.5) is 0 Å². The summed E-state index contributed by atoms with van der Waals surface area (Å²) in [6.07, 6.45) is 9.88. The van der Waals surface area contributed by atoms with E-state index in [2.05, 4.69) is 55.9 Å². The van der Waals surface area contributed by atoms with Crippen LogP contribution in [0.15, 0.2) is 47.8 Å². The predicted molar refractivity (Wildman–Crippen MR) is 86.2 cm³/mol. The quantitative estimate of drug-likeness (QED) is 0.614. The van der Waals surface area contributed by atoms with E-state index in [1.54, 1.807) is 0 Å². The van der Waals surface area contributed by atoms with Gasteiger partial charge in [-0.25, -0.2) is 0 Å². The van der Waals surface area contributed by atoms with Crippen LogP contribution in [-0.2, 0) is 0 Å². The molecule has 0 fully saturated rings. The average Bonchev–Trinajstić information content (AvgIpc) is 2.46. The first-order valence-corrected chi connectivity index (χ1v) is 7.43. The van der Waals surface area contributed by atoms with E-state index < -0.39 is 0 Å². The third kappa shape index (κ3) is 3.19. The number of pyridine rings is 1. The number of fused-ring (bicyclic) bond motifs is 1. The zero-order chi connectivity index (χ0) is 14.5. The van der Waals surface area contributed by atoms with E-state index in [1.807, 2.05) is 12.3 Å². The first-order valence-electron chi connectivity index (χ1n) is 7.43. The Kier molecular flexibility index (Phi) is 4.78. The third-order valence-corrected chi connectivity index (χ3v) is 3.76. The summed E-state index contributed by atoms with van der Waals surface area (Å²) in [6.45, 7) is 10.7. The molecule has 1 N–H and O–H groups in total. The summed E-state index contributed by atoms with van der Waals surface area (Å²) in [6, 6.07) is 4.33. The van der Waals surface area contributed by atoms with Crippen molar-refractivity contribution in [2.75, 3.05) is 0 Å². The Morgan fingerprint density at radius 2 is 2.30 bits per heavy atom. The maximum Gasteiger partial charge on any atom is 0.0696 e. The largest absolute Gasteiger partial charge is 0.376 e. The van der Waals surface area contributed by atoms with Gasteiger partial charge in [0.05, 0.1) is 11.7 Å². The van der Waals surface area contributed by atoms with Crippen LogP contribution in [0.2, 0.25) is 0 Å². The van der Waals surface area contributed by atoms with Gasteiger partial charge >= 0.3 is 0 Å². The first kappa shape index (κ1) is 14.6. The van der Waals surface area contributed by atoms with Crippen LogP contribution < -0.4 is 5.32 Å². The maximum atomic E-state index is 4.45. The number of unbranched alkanes of at least 4 members (excludes halogenated alkanes) is 2. The zero-order valence-electron chi connectivity index (χ0n) is 12.7. The molecule has 0 aromatic carbocycles. The molecule has 0 radical (unpaired) electrons. The number of rotatable bonds is 5. The smallest absolute Gasteiger partial charge is 0.0696 e. The van der Waals surface area contributed by atoms with Gasteiger partial charge in [0.25, 0.3) is 0 Å². The number of allylic oxidation sites excluding steroid dienone is 2. The Morgan fingerprint density at radius 3 is 3.05 bits per heavy atom. The first-order chi connectivity index (χ1) is 9.63. The molecule has 0 spiro atoms. The van der Waals surface area contributed by atoms with Gasteiger partial charge in [-0.05, 0) is 43.6 Å². The van der Waals surface area contributed by atoms with Gasteiger partial charge in [-0.3, -0.25) is 4.98 Å². The lowest BCUT2D eigenvalue weighted by atomic mass is 9.96. The Labute approximate surface area is 122 Å². The average molecular weight is 268 g/mol. The Bertz CT molecular complexity index is 552. The molecular formula is C18H24N2. The van der Waals surface area contributed by atoms with Gasteiger partial charge in [-0.1, -0.05) is 38.5 Å². The molecule has 0 amide bonds.